The van der Waals surface area contributed by atoms with Gasteiger partial charge in [-0.05, 0) is 133 Å². The third-order valence-electron chi connectivity index (χ3n) is 13.2. The molecule has 2 aliphatic rings. The Morgan fingerprint density at radius 2 is 0.614 bits per heavy atom. The average Bonchev–Trinajstić information content (AvgIpc) is 3.76. The fourth-order valence-electron chi connectivity index (χ4n) is 11.1. The molecule has 2 aliphatic carbocycles. The molecule has 0 saturated heterocycles. The van der Waals surface area contributed by atoms with Crippen LogP contribution in [0.1, 0.15) is 22.3 Å². The normalized spacial score (nSPS) is 13.4. The van der Waals surface area contributed by atoms with E-state index in [9.17, 15) is 0 Å². The van der Waals surface area contributed by atoms with Crippen LogP contribution in [0.4, 0.5) is 0 Å². The summed E-state index contributed by atoms with van der Waals surface area (Å²) in [5.41, 5.74) is 15.4. The summed E-state index contributed by atoms with van der Waals surface area (Å²) in [5.74, 6) is 0. The minimum absolute atomic E-state index is 0.506. The van der Waals surface area contributed by atoms with Gasteiger partial charge in [-0.1, -0.05) is 194 Å². The Bertz CT molecular complexity index is 3480. The molecule has 262 valence electrons. The lowest BCUT2D eigenvalue weighted by Gasteiger charge is -2.33. The van der Waals surface area contributed by atoms with Crippen LogP contribution in [-0.2, 0) is 5.41 Å². The summed E-state index contributed by atoms with van der Waals surface area (Å²) in [6.07, 6.45) is 0. The number of hydrogen-bond donors (Lipinski definition) is 0. The molecule has 0 saturated carbocycles. The Hall–Kier alpha value is -7.28. The molecule has 0 N–H and O–H groups in total. The molecule has 1 spiro atoms. The van der Waals surface area contributed by atoms with Gasteiger partial charge < -0.3 is 0 Å². The Morgan fingerprint density at radius 1 is 0.228 bits per heavy atom. The lowest BCUT2D eigenvalue weighted by atomic mass is 9.68. The Kier molecular flexibility index (Phi) is 6.19. The molecule has 0 atom stereocenters. The minimum atomic E-state index is -0.506. The second kappa shape index (κ2) is 11.4. The van der Waals surface area contributed by atoms with Gasteiger partial charge in [0.1, 0.15) is 0 Å². The molecule has 0 heterocycles. The van der Waals surface area contributed by atoms with E-state index in [1.807, 2.05) is 0 Å². The van der Waals surface area contributed by atoms with Crippen LogP contribution in [0.25, 0.3) is 98.4 Å². The first-order chi connectivity index (χ1) is 28.3. The maximum absolute atomic E-state index is 2.57. The molecule has 11 aromatic carbocycles. The van der Waals surface area contributed by atoms with Crippen LogP contribution in [-0.4, -0.2) is 0 Å². The summed E-state index contributed by atoms with van der Waals surface area (Å²) in [6.45, 7) is 0. The molecule has 11 aromatic rings. The van der Waals surface area contributed by atoms with Gasteiger partial charge in [-0.25, -0.2) is 0 Å². The predicted octanol–water partition coefficient (Wildman–Crippen LogP) is 15.1. The van der Waals surface area contributed by atoms with E-state index >= 15 is 0 Å². The average molecular weight is 719 g/mol. The summed E-state index contributed by atoms with van der Waals surface area (Å²) in [5, 5.41) is 12.9. The van der Waals surface area contributed by atoms with E-state index in [1.165, 1.54) is 121 Å². The van der Waals surface area contributed by atoms with Crippen molar-refractivity contribution in [3.8, 4) is 44.5 Å². The van der Waals surface area contributed by atoms with Crippen molar-refractivity contribution in [2.45, 2.75) is 5.41 Å². The van der Waals surface area contributed by atoms with Crippen LogP contribution in [0.5, 0.6) is 0 Å². The first-order valence-electron chi connectivity index (χ1n) is 20.0. The number of hydrogen-bond acceptors (Lipinski definition) is 0. The highest BCUT2D eigenvalue weighted by Gasteiger charge is 2.54. The smallest absolute Gasteiger partial charge is 0.0619 e. The maximum Gasteiger partial charge on any atom is 0.0737 e. The van der Waals surface area contributed by atoms with Crippen LogP contribution in [0.2, 0.25) is 0 Å². The SMILES string of the molecule is c1ccc(-c2cc3ccccc3c3ccccc23)c(-c2cc3c(c4ccccc24)C2(c4ccccc4-c4ccccc42)c2c-3c3ccccc3c3ccccc23)c1. The fourth-order valence-corrected chi connectivity index (χ4v) is 11.1. The van der Waals surface area contributed by atoms with E-state index in [-0.39, 0.29) is 0 Å². The summed E-state index contributed by atoms with van der Waals surface area (Å²) in [7, 11) is 0. The Morgan fingerprint density at radius 3 is 1.23 bits per heavy atom. The first kappa shape index (κ1) is 31.0. The van der Waals surface area contributed by atoms with Crippen molar-refractivity contribution in [3.05, 3.63) is 229 Å². The van der Waals surface area contributed by atoms with Gasteiger partial charge in [0.15, 0.2) is 0 Å². The molecular formula is C57H34. The van der Waals surface area contributed by atoms with Crippen LogP contribution >= 0.6 is 0 Å². The van der Waals surface area contributed by atoms with Crippen LogP contribution < -0.4 is 0 Å². The van der Waals surface area contributed by atoms with E-state index < -0.39 is 5.41 Å². The number of fused-ring (bicyclic) bond motifs is 20. The second-order valence-electron chi connectivity index (χ2n) is 15.8. The van der Waals surface area contributed by atoms with E-state index in [1.54, 1.807) is 0 Å². The van der Waals surface area contributed by atoms with Crippen LogP contribution in [0.3, 0.4) is 0 Å². The molecule has 0 unspecified atom stereocenters. The molecule has 0 amide bonds. The van der Waals surface area contributed by atoms with Gasteiger partial charge in [0.25, 0.3) is 0 Å². The molecule has 0 radical (unpaired) electrons. The Labute approximate surface area is 330 Å². The summed E-state index contributed by atoms with van der Waals surface area (Å²) >= 11 is 0. The Balaban J connectivity index is 1.23. The van der Waals surface area contributed by atoms with Crippen molar-refractivity contribution in [2.24, 2.45) is 0 Å². The molecule has 13 rings (SSSR count). The molecule has 0 fully saturated rings. The van der Waals surface area contributed by atoms with Crippen LogP contribution in [0, 0.1) is 0 Å². The van der Waals surface area contributed by atoms with E-state index in [2.05, 4.69) is 206 Å². The highest BCUT2D eigenvalue weighted by atomic mass is 14.5. The molecule has 0 heteroatoms. The third kappa shape index (κ3) is 3.92. The maximum atomic E-state index is 2.57. The highest BCUT2D eigenvalue weighted by Crippen LogP contribution is 2.67. The van der Waals surface area contributed by atoms with Crippen molar-refractivity contribution in [3.63, 3.8) is 0 Å². The topological polar surface area (TPSA) is 0 Å². The van der Waals surface area contributed by atoms with Gasteiger partial charge in [-0.15, -0.1) is 0 Å². The van der Waals surface area contributed by atoms with E-state index in [0.29, 0.717) is 0 Å². The standard InChI is InChI=1S/C57H34/c1-2-18-36-35(17-1)33-49(40-22-4-3-19-37(36)40)41-23-5-6-24-42(41)50-34-51-54-46-28-10-7-20-38(46)39-21-8-12-30-48(39)56(54)57(55(51)47-29-11-9-25-43(47)50)52-31-15-13-26-44(52)45-27-14-16-32-53(45)57/h1-34H. The minimum Gasteiger partial charge on any atom is -0.0619 e. The van der Waals surface area contributed by atoms with Crippen molar-refractivity contribution in [1.29, 1.82) is 0 Å². The van der Waals surface area contributed by atoms with Gasteiger partial charge >= 0.3 is 0 Å². The van der Waals surface area contributed by atoms with Gasteiger partial charge in [-0.3, -0.25) is 0 Å². The quantitative estimate of drug-likeness (QED) is 0.156. The molecule has 0 aliphatic heterocycles. The predicted molar refractivity (Wildman–Crippen MR) is 241 cm³/mol. The van der Waals surface area contributed by atoms with Gasteiger partial charge in [-0.2, -0.15) is 0 Å². The van der Waals surface area contributed by atoms with Crippen LogP contribution in [0.15, 0.2) is 206 Å². The largest absolute Gasteiger partial charge is 0.0737 e. The van der Waals surface area contributed by atoms with Crippen molar-refractivity contribution in [2.75, 3.05) is 0 Å². The third-order valence-corrected chi connectivity index (χ3v) is 13.2. The summed E-state index contributed by atoms with van der Waals surface area (Å²) in [4.78, 5) is 0. The van der Waals surface area contributed by atoms with Gasteiger partial charge in [0.05, 0.1) is 5.41 Å². The van der Waals surface area contributed by atoms with Gasteiger partial charge in [0.2, 0.25) is 0 Å². The zero-order chi connectivity index (χ0) is 37.2. The van der Waals surface area contributed by atoms with Crippen molar-refractivity contribution >= 4 is 53.9 Å². The summed E-state index contributed by atoms with van der Waals surface area (Å²) in [6, 6.07) is 77.6. The van der Waals surface area contributed by atoms with Crippen molar-refractivity contribution < 1.29 is 0 Å². The number of rotatable bonds is 2. The monoisotopic (exact) mass is 718 g/mol. The lowest BCUT2D eigenvalue weighted by Crippen LogP contribution is -2.26. The molecule has 57 heavy (non-hydrogen) atoms. The highest BCUT2D eigenvalue weighted by molar-refractivity contribution is 6.23. The fraction of sp³-hybridized carbons (Fsp3) is 0.0175. The molecular weight excluding hydrogens is 685 g/mol. The lowest BCUT2D eigenvalue weighted by molar-refractivity contribution is 0.809. The molecule has 0 aromatic heterocycles. The summed E-state index contributed by atoms with van der Waals surface area (Å²) < 4.78 is 0. The molecule has 0 bridgehead atoms. The molecule has 0 nitrogen and oxygen atoms in total. The van der Waals surface area contributed by atoms with Gasteiger partial charge in [0, 0.05) is 0 Å². The van der Waals surface area contributed by atoms with E-state index in [0.717, 1.165) is 0 Å². The van der Waals surface area contributed by atoms with E-state index in [4.69, 9.17) is 0 Å². The number of benzene rings is 11. The zero-order valence-corrected chi connectivity index (χ0v) is 31.1. The first-order valence-corrected chi connectivity index (χ1v) is 20.0. The van der Waals surface area contributed by atoms with Crippen molar-refractivity contribution in [1.82, 2.24) is 0 Å². The second-order valence-corrected chi connectivity index (χ2v) is 15.8. The zero-order valence-electron chi connectivity index (χ0n) is 31.1.